The van der Waals surface area contributed by atoms with E-state index < -0.39 is 0 Å². The first-order chi connectivity index (χ1) is 29.1. The minimum atomic E-state index is -0.336. The van der Waals surface area contributed by atoms with Gasteiger partial charge in [-0.2, -0.15) is 30.8 Å². The number of rotatable bonds is 8. The molecular formula is C38H42N8O10S4Yb2. The molecule has 24 heteroatoms. The summed E-state index contributed by atoms with van der Waals surface area (Å²) in [4.78, 5) is 23.4. The van der Waals surface area contributed by atoms with Crippen LogP contribution < -0.4 is 30.5 Å². The van der Waals surface area contributed by atoms with E-state index in [9.17, 15) is 19.8 Å². The molecule has 4 aromatic rings. The molecule has 0 saturated heterocycles. The van der Waals surface area contributed by atoms with Gasteiger partial charge in [0.05, 0.1) is 26.6 Å². The number of para-hydroxylation sites is 2. The molecule has 6 N–H and O–H groups in total. The van der Waals surface area contributed by atoms with Crippen molar-refractivity contribution in [1.29, 1.82) is 0 Å². The van der Waals surface area contributed by atoms with E-state index in [2.05, 4.69) is 69.9 Å². The van der Waals surface area contributed by atoms with Crippen molar-refractivity contribution in [3.05, 3.63) is 141 Å². The van der Waals surface area contributed by atoms with Crippen molar-refractivity contribution in [2.75, 3.05) is 42.7 Å². The van der Waals surface area contributed by atoms with Crippen LogP contribution in [0.1, 0.15) is 31.8 Å². The second-order valence-electron chi connectivity index (χ2n) is 8.25. The molecule has 0 aliphatic carbocycles. The first-order valence-electron chi connectivity index (χ1n) is 15.4. The van der Waals surface area contributed by atoms with Crippen LogP contribution in [0.5, 0.6) is 23.0 Å². The smallest absolute Gasteiger partial charge is 0.870 e. The van der Waals surface area contributed by atoms with Crippen LogP contribution in [0.25, 0.3) is 21.6 Å². The van der Waals surface area contributed by atoms with Gasteiger partial charge >= 0.3 is 93.8 Å². The second-order valence-corrected chi connectivity index (χ2v) is 8.98. The molecule has 4 aromatic carbocycles. The maximum Gasteiger partial charge on any atom is 3.00 e. The first kappa shape index (κ1) is 75.8. The quantitative estimate of drug-likeness (QED) is 0.0821. The Labute approximate surface area is 459 Å². The summed E-state index contributed by atoms with van der Waals surface area (Å²) in [7, 11) is 6.85. The number of hydrogen-bond acceptors (Lipinski definition) is 16. The van der Waals surface area contributed by atoms with Crippen molar-refractivity contribution < 1.29 is 144 Å². The summed E-state index contributed by atoms with van der Waals surface area (Å²) in [6.07, 6.45) is 2.59. The molecule has 18 nitrogen and oxygen atoms in total. The molecule has 4 rings (SSSR count). The van der Waals surface area contributed by atoms with Gasteiger partial charge in [-0.15, -0.1) is 0 Å². The molecule has 2 amide bonds. The van der Waals surface area contributed by atoms with Gasteiger partial charge in [0, 0.05) is 39.6 Å². The Hall–Kier alpha value is -3.56. The van der Waals surface area contributed by atoms with E-state index >= 15 is 0 Å². The summed E-state index contributed by atoms with van der Waals surface area (Å²) >= 11 is 14.8. The maximum atomic E-state index is 11.8. The Morgan fingerprint density at radius 3 is 1.00 bits per heavy atom. The van der Waals surface area contributed by atoms with Crippen LogP contribution in [0.2, 0.25) is 0 Å². The summed E-state index contributed by atoms with van der Waals surface area (Å²) in [6, 6.07) is 27.1. The molecule has 0 heterocycles. The third-order valence-corrected chi connectivity index (χ3v) is 5.27. The third kappa shape index (κ3) is 41.8. The molecule has 346 valence electrons. The van der Waals surface area contributed by atoms with Crippen molar-refractivity contribution in [1.82, 2.24) is 10.9 Å². The SMILES string of the molecule is CO.CO.CO.CO.COc1cccc(/C=N/NC(=O)c2ccccc2)c1[O-].COc1cccc(/C=N/NC(=O)c2ccccc2)c1[O-].[N-]=C=S.[N-]=C=S.[N-]=C=S.[N-]=C=S.[Yb+3].[Yb+3]. The fraction of sp³-hybridized carbons (Fsp3) is 0.158. The van der Waals surface area contributed by atoms with Crippen LogP contribution in [0, 0.1) is 93.8 Å². The van der Waals surface area contributed by atoms with Gasteiger partial charge in [-0.1, -0.05) is 121 Å². The molecule has 62 heavy (non-hydrogen) atoms. The Kier molecular flexibility index (Phi) is 75.5. The van der Waals surface area contributed by atoms with E-state index in [0.29, 0.717) is 22.3 Å². The van der Waals surface area contributed by atoms with Gasteiger partial charge in [-0.25, -0.2) is 10.9 Å². The molecule has 0 atom stereocenters. The van der Waals surface area contributed by atoms with Crippen LogP contribution in [0.3, 0.4) is 0 Å². The van der Waals surface area contributed by atoms with Gasteiger partial charge in [0.1, 0.15) is 11.5 Å². The fourth-order valence-corrected chi connectivity index (χ4v) is 3.22. The van der Waals surface area contributed by atoms with Crippen molar-refractivity contribution in [2.45, 2.75) is 0 Å². The number of carbonyl (C=O) groups excluding carboxylic acids is 2. The summed E-state index contributed by atoms with van der Waals surface area (Å²) < 4.78 is 9.84. The maximum absolute atomic E-state index is 11.8. The predicted molar refractivity (Wildman–Crippen MR) is 244 cm³/mol. The average Bonchev–Trinajstić information content (AvgIpc) is 3.29. The number of ether oxygens (including phenoxy) is 2. The zero-order chi connectivity index (χ0) is 47.6. The summed E-state index contributed by atoms with van der Waals surface area (Å²) in [5, 5.41) is 93.1. The molecular weight excluding hydrogens is 1200 g/mol. The summed E-state index contributed by atoms with van der Waals surface area (Å²) in [5.41, 5.74) is 6.41. The van der Waals surface area contributed by atoms with E-state index in [1.165, 1.54) is 47.3 Å². The predicted octanol–water partition coefficient (Wildman–Crippen LogP) is 4.13. The Bertz CT molecular complexity index is 1740. The largest absolute Gasteiger partial charge is 3.00 e. The van der Waals surface area contributed by atoms with Crippen LogP contribution in [-0.2, 0) is 0 Å². The number of methoxy groups -OCH3 is 2. The Morgan fingerprint density at radius 2 is 0.774 bits per heavy atom. The van der Waals surface area contributed by atoms with Crippen molar-refractivity contribution in [3.8, 4) is 23.0 Å². The van der Waals surface area contributed by atoms with Crippen LogP contribution in [-0.4, -0.2) is 108 Å². The number of aliphatic hydroxyl groups excluding tert-OH is 4. The van der Waals surface area contributed by atoms with Crippen LogP contribution >= 0.6 is 48.9 Å². The van der Waals surface area contributed by atoms with Crippen molar-refractivity contribution in [3.63, 3.8) is 0 Å². The Morgan fingerprint density at radius 1 is 0.532 bits per heavy atom. The number of isothiocyanates is 4. The third-order valence-electron chi connectivity index (χ3n) is 5.27. The Balaban J connectivity index is -0.000000108. The summed E-state index contributed by atoms with van der Waals surface area (Å²) in [5.74, 6) is -0.735. The molecule has 0 aromatic heterocycles. The number of nitrogens with zero attached hydrogens (tertiary/aromatic N) is 6. The van der Waals surface area contributed by atoms with E-state index in [4.69, 9.17) is 51.5 Å². The minimum Gasteiger partial charge on any atom is -0.870 e. The second kappa shape index (κ2) is 61.7. The standard InChI is InChI=1S/2C15H14N2O3.4CNS.4CH4O.2Yb/c2*1-20-13-9-5-8-12(14(13)18)10-16-17-15(19)11-6-3-2-4-7-11;4*2-1-3;4*1-2;;/h2*2-10,18H,1H3,(H,17,19);;;;;4*2H,1H3;;/q;;4*-1;;;;;2*+3/p-2/b2*16-10+;;;;;;;;;;. The molecule has 0 aliphatic heterocycles. The molecule has 0 saturated carbocycles. The first-order valence-corrected chi connectivity index (χ1v) is 17.0. The number of hydrogen-bond donors (Lipinski definition) is 6. The number of hydrazone groups is 2. The van der Waals surface area contributed by atoms with Crippen LogP contribution in [0.15, 0.2) is 107 Å². The van der Waals surface area contributed by atoms with Crippen molar-refractivity contribution in [2.24, 2.45) is 10.2 Å². The number of benzene rings is 4. The van der Waals surface area contributed by atoms with E-state index in [0.717, 1.165) is 28.4 Å². The average molecular weight is 1250 g/mol. The number of thiocarbonyl (C=S) groups is 4. The summed E-state index contributed by atoms with van der Waals surface area (Å²) in [6.45, 7) is 0. The molecule has 0 spiro atoms. The molecule has 0 fully saturated rings. The van der Waals surface area contributed by atoms with Gasteiger partial charge in [-0.05, 0) is 47.5 Å². The van der Waals surface area contributed by atoms with Gasteiger partial charge in [0.2, 0.25) is 0 Å². The fourth-order valence-electron chi connectivity index (χ4n) is 3.22. The van der Waals surface area contributed by atoms with Gasteiger partial charge in [0.15, 0.2) is 0 Å². The normalized spacial score (nSPS) is 7.65. The molecule has 0 aliphatic rings. The van der Waals surface area contributed by atoms with Gasteiger partial charge < -0.3 is 61.8 Å². The number of amides is 2. The van der Waals surface area contributed by atoms with Gasteiger partial charge in [-0.3, -0.25) is 9.59 Å². The number of aliphatic hydroxyl groups is 4. The van der Waals surface area contributed by atoms with Gasteiger partial charge in [0.25, 0.3) is 11.8 Å². The molecule has 0 bridgehead atoms. The minimum absolute atomic E-state index is 0. The molecule has 2 radical (unpaired) electrons. The topological polar surface area (TPSA) is 318 Å². The number of carbonyl (C=O) groups is 2. The van der Waals surface area contributed by atoms with Crippen LogP contribution in [0.4, 0.5) is 0 Å². The molecule has 0 unspecified atom stereocenters. The van der Waals surface area contributed by atoms with E-state index in [1.807, 2.05) is 12.1 Å². The monoisotopic (exact) mass is 1250 g/mol. The van der Waals surface area contributed by atoms with E-state index in [1.54, 1.807) is 84.9 Å². The number of nitrogens with one attached hydrogen (secondary N) is 2. The van der Waals surface area contributed by atoms with Crippen molar-refractivity contribution >= 4 is 93.8 Å². The zero-order valence-corrected chi connectivity index (χ0v) is 40.2. The zero-order valence-electron chi connectivity index (χ0n) is 33.5. The van der Waals surface area contributed by atoms with E-state index in [-0.39, 0.29) is 129 Å².